The number of benzene rings is 1. The minimum atomic E-state index is -0.383. The van der Waals surface area contributed by atoms with Gasteiger partial charge < -0.3 is 5.32 Å². The second-order valence-electron chi connectivity index (χ2n) is 3.93. The quantitative estimate of drug-likeness (QED) is 0.540. The monoisotopic (exact) mass is 223 g/mol. The van der Waals surface area contributed by atoms with E-state index in [-0.39, 0.29) is 17.1 Å². The van der Waals surface area contributed by atoms with Crippen LogP contribution in [0.4, 0.5) is 5.69 Å². The van der Waals surface area contributed by atoms with Gasteiger partial charge in [0.2, 0.25) is 0 Å². The van der Waals surface area contributed by atoms with E-state index in [9.17, 15) is 4.79 Å². The van der Waals surface area contributed by atoms with Crippen molar-refractivity contribution in [1.29, 1.82) is 10.5 Å². The van der Waals surface area contributed by atoms with Crippen LogP contribution in [-0.4, -0.2) is 5.91 Å². The summed E-state index contributed by atoms with van der Waals surface area (Å²) in [5.74, 6) is -0.383. The number of hydrogen-bond acceptors (Lipinski definition) is 3. The van der Waals surface area contributed by atoms with Crippen LogP contribution in [0.2, 0.25) is 0 Å². The minimum Gasteiger partial charge on any atom is -0.321 e. The van der Waals surface area contributed by atoms with E-state index >= 15 is 0 Å². The van der Waals surface area contributed by atoms with Gasteiger partial charge in [0.05, 0.1) is 5.57 Å². The standard InChI is InChI=1S/C13H9N3O/c1-7-3-8(2)11-10(4-7)16-13(17)12(11)9(5-14)6-15/h3-4H,1-2H3,(H,16,17). The van der Waals surface area contributed by atoms with Crippen LogP contribution in [0.25, 0.3) is 5.57 Å². The van der Waals surface area contributed by atoms with Crippen LogP contribution in [0.1, 0.15) is 16.7 Å². The normalized spacial score (nSPS) is 12.5. The van der Waals surface area contributed by atoms with E-state index in [2.05, 4.69) is 5.32 Å². The van der Waals surface area contributed by atoms with Crippen molar-refractivity contribution in [1.82, 2.24) is 0 Å². The zero-order valence-corrected chi connectivity index (χ0v) is 9.46. The van der Waals surface area contributed by atoms with E-state index in [0.29, 0.717) is 11.3 Å². The summed E-state index contributed by atoms with van der Waals surface area (Å²) >= 11 is 0. The summed E-state index contributed by atoms with van der Waals surface area (Å²) in [4.78, 5) is 11.8. The zero-order chi connectivity index (χ0) is 12.6. The molecule has 0 unspecified atom stereocenters. The molecule has 1 aromatic carbocycles. The van der Waals surface area contributed by atoms with Gasteiger partial charge in [-0.2, -0.15) is 10.5 Å². The van der Waals surface area contributed by atoms with Gasteiger partial charge in [0.15, 0.2) is 0 Å². The number of hydrogen-bond donors (Lipinski definition) is 1. The smallest absolute Gasteiger partial charge is 0.258 e. The lowest BCUT2D eigenvalue weighted by Gasteiger charge is -2.04. The number of amides is 1. The largest absolute Gasteiger partial charge is 0.321 e. The summed E-state index contributed by atoms with van der Waals surface area (Å²) in [6, 6.07) is 7.28. The van der Waals surface area contributed by atoms with Crippen LogP contribution in [0.5, 0.6) is 0 Å². The highest BCUT2D eigenvalue weighted by Gasteiger charge is 2.29. The molecule has 4 nitrogen and oxygen atoms in total. The molecule has 0 saturated heterocycles. The number of nitriles is 2. The molecule has 0 aliphatic carbocycles. The SMILES string of the molecule is Cc1cc(C)c2c(c1)NC(=O)C2=C(C#N)C#N. The number of aryl methyl sites for hydroxylation is 2. The Labute approximate surface area is 98.8 Å². The highest BCUT2D eigenvalue weighted by molar-refractivity contribution is 6.33. The van der Waals surface area contributed by atoms with Gasteiger partial charge in [-0.25, -0.2) is 0 Å². The first-order valence-electron chi connectivity index (χ1n) is 5.06. The predicted molar refractivity (Wildman–Crippen MR) is 62.7 cm³/mol. The van der Waals surface area contributed by atoms with Gasteiger partial charge in [-0.3, -0.25) is 4.79 Å². The molecule has 1 heterocycles. The Kier molecular flexibility index (Phi) is 2.42. The van der Waals surface area contributed by atoms with Gasteiger partial charge in [-0.15, -0.1) is 0 Å². The Morgan fingerprint density at radius 2 is 1.88 bits per heavy atom. The van der Waals surface area contributed by atoms with Gasteiger partial charge in [-0.1, -0.05) is 6.07 Å². The lowest BCUT2D eigenvalue weighted by atomic mass is 9.96. The van der Waals surface area contributed by atoms with Gasteiger partial charge in [0, 0.05) is 11.3 Å². The van der Waals surface area contributed by atoms with Crippen molar-refractivity contribution >= 4 is 17.2 Å². The van der Waals surface area contributed by atoms with Gasteiger partial charge in [-0.05, 0) is 31.0 Å². The Balaban J connectivity index is 2.81. The predicted octanol–water partition coefficient (Wildman–Crippen LogP) is 2.06. The summed E-state index contributed by atoms with van der Waals surface area (Å²) in [7, 11) is 0. The summed E-state index contributed by atoms with van der Waals surface area (Å²) in [6.07, 6.45) is 0. The third kappa shape index (κ3) is 1.56. The third-order valence-electron chi connectivity index (χ3n) is 2.68. The van der Waals surface area contributed by atoms with Crippen LogP contribution >= 0.6 is 0 Å². The fourth-order valence-electron chi connectivity index (χ4n) is 2.07. The van der Waals surface area contributed by atoms with E-state index in [4.69, 9.17) is 10.5 Å². The number of anilines is 1. The molecule has 1 aliphatic rings. The van der Waals surface area contributed by atoms with E-state index in [0.717, 1.165) is 11.1 Å². The fourth-order valence-corrected chi connectivity index (χ4v) is 2.07. The van der Waals surface area contributed by atoms with Gasteiger partial charge in [0.1, 0.15) is 17.7 Å². The highest BCUT2D eigenvalue weighted by Crippen LogP contribution is 2.36. The number of nitrogens with one attached hydrogen (secondary N) is 1. The maximum absolute atomic E-state index is 11.8. The van der Waals surface area contributed by atoms with Crippen molar-refractivity contribution in [3.63, 3.8) is 0 Å². The molecule has 0 radical (unpaired) electrons. The van der Waals surface area contributed by atoms with E-state index in [1.165, 1.54) is 0 Å². The molecule has 0 fully saturated rings. The molecule has 1 aromatic rings. The summed E-state index contributed by atoms with van der Waals surface area (Å²) < 4.78 is 0. The zero-order valence-electron chi connectivity index (χ0n) is 9.46. The first kappa shape index (κ1) is 10.9. The molecule has 0 aromatic heterocycles. The van der Waals surface area contributed by atoms with E-state index in [1.807, 2.05) is 26.0 Å². The maximum Gasteiger partial charge on any atom is 0.258 e. The molecule has 82 valence electrons. The molecule has 1 amide bonds. The molecule has 2 rings (SSSR count). The average molecular weight is 223 g/mol. The molecule has 17 heavy (non-hydrogen) atoms. The number of rotatable bonds is 0. The third-order valence-corrected chi connectivity index (χ3v) is 2.68. The van der Waals surface area contributed by atoms with Crippen molar-refractivity contribution in [3.8, 4) is 12.1 Å². The van der Waals surface area contributed by atoms with Crippen LogP contribution in [0.3, 0.4) is 0 Å². The van der Waals surface area contributed by atoms with Crippen LogP contribution in [0.15, 0.2) is 17.7 Å². The lowest BCUT2D eigenvalue weighted by molar-refractivity contribution is -0.110. The average Bonchev–Trinajstić information content (AvgIpc) is 2.57. The number of allylic oxidation sites excluding steroid dienone is 1. The van der Waals surface area contributed by atoms with Gasteiger partial charge in [0.25, 0.3) is 5.91 Å². The Bertz CT molecular complexity index is 626. The van der Waals surface area contributed by atoms with Crippen molar-refractivity contribution in [3.05, 3.63) is 34.4 Å². The number of fused-ring (bicyclic) bond motifs is 1. The Hall–Kier alpha value is -2.59. The molecule has 0 saturated carbocycles. The lowest BCUT2D eigenvalue weighted by Crippen LogP contribution is -2.05. The number of carbonyl (C=O) groups is 1. The molecule has 4 heteroatoms. The van der Waals surface area contributed by atoms with Crippen molar-refractivity contribution in [2.24, 2.45) is 0 Å². The van der Waals surface area contributed by atoms with Crippen LogP contribution < -0.4 is 5.32 Å². The summed E-state index contributed by atoms with van der Waals surface area (Å²) in [6.45, 7) is 3.79. The molecular formula is C13H9N3O. The molecule has 1 aliphatic heterocycles. The Morgan fingerprint density at radius 1 is 1.24 bits per heavy atom. The Morgan fingerprint density at radius 3 is 2.47 bits per heavy atom. The van der Waals surface area contributed by atoms with E-state index < -0.39 is 0 Å². The second-order valence-corrected chi connectivity index (χ2v) is 3.93. The minimum absolute atomic E-state index is 0.145. The molecule has 0 spiro atoms. The highest BCUT2D eigenvalue weighted by atomic mass is 16.2. The first-order valence-corrected chi connectivity index (χ1v) is 5.06. The number of carbonyl (C=O) groups excluding carboxylic acids is 1. The topological polar surface area (TPSA) is 76.7 Å². The van der Waals surface area contributed by atoms with Crippen molar-refractivity contribution < 1.29 is 4.79 Å². The maximum atomic E-state index is 11.8. The molecule has 1 N–H and O–H groups in total. The summed E-state index contributed by atoms with van der Waals surface area (Å²) in [5, 5.41) is 20.4. The van der Waals surface area contributed by atoms with Crippen LogP contribution in [0, 0.1) is 36.5 Å². The molecular weight excluding hydrogens is 214 g/mol. The van der Waals surface area contributed by atoms with E-state index in [1.54, 1.807) is 12.1 Å². The molecule has 0 atom stereocenters. The first-order chi connectivity index (χ1) is 8.08. The van der Waals surface area contributed by atoms with Gasteiger partial charge >= 0.3 is 0 Å². The van der Waals surface area contributed by atoms with Crippen molar-refractivity contribution in [2.45, 2.75) is 13.8 Å². The number of nitrogens with zero attached hydrogens (tertiary/aromatic N) is 2. The second kappa shape index (κ2) is 3.77. The summed E-state index contributed by atoms with van der Waals surface area (Å²) in [5.41, 5.74) is 3.29. The molecule has 0 bridgehead atoms. The fraction of sp³-hybridized carbons (Fsp3) is 0.154. The van der Waals surface area contributed by atoms with Crippen molar-refractivity contribution in [2.75, 3.05) is 5.32 Å². The van der Waals surface area contributed by atoms with Crippen LogP contribution in [-0.2, 0) is 4.79 Å².